The van der Waals surface area contributed by atoms with Crippen molar-refractivity contribution >= 4 is 0 Å². The molecule has 0 radical (unpaired) electrons. The van der Waals surface area contributed by atoms with Crippen LogP contribution in [0.1, 0.15) is 25.0 Å². The first kappa shape index (κ1) is 20.4. The van der Waals surface area contributed by atoms with E-state index in [9.17, 15) is 10.2 Å². The highest BCUT2D eigenvalue weighted by Gasteiger charge is 2.42. The number of hydrogen-bond donors (Lipinski definition) is 3. The molecule has 29 heavy (non-hydrogen) atoms. The molecule has 2 aliphatic rings. The fourth-order valence-electron chi connectivity index (χ4n) is 4.73. The van der Waals surface area contributed by atoms with E-state index in [4.69, 9.17) is 9.72 Å². The molecule has 4 rings (SSSR count). The first-order valence-corrected chi connectivity index (χ1v) is 10.7. The molecule has 1 aliphatic heterocycles. The van der Waals surface area contributed by atoms with E-state index in [-0.39, 0.29) is 24.5 Å². The van der Waals surface area contributed by atoms with Crippen molar-refractivity contribution in [2.24, 2.45) is 17.8 Å². The van der Waals surface area contributed by atoms with Gasteiger partial charge in [0.05, 0.1) is 6.10 Å². The summed E-state index contributed by atoms with van der Waals surface area (Å²) in [6.45, 7) is 2.61. The monoisotopic (exact) mass is 397 g/mol. The van der Waals surface area contributed by atoms with Crippen molar-refractivity contribution in [3.63, 3.8) is 0 Å². The van der Waals surface area contributed by atoms with Crippen molar-refractivity contribution in [1.29, 1.82) is 0 Å². The van der Waals surface area contributed by atoms with Crippen molar-refractivity contribution in [3.8, 4) is 11.4 Å². The topological polar surface area (TPSA) is 87.5 Å². The highest BCUT2D eigenvalue weighted by Crippen LogP contribution is 2.35. The zero-order chi connectivity index (χ0) is 20.1. The lowest BCUT2D eigenvalue weighted by atomic mass is 9.88. The molecule has 2 fully saturated rings. The van der Waals surface area contributed by atoms with Crippen LogP contribution in [0.15, 0.2) is 42.6 Å². The van der Waals surface area contributed by atoms with Crippen molar-refractivity contribution < 1.29 is 14.9 Å². The summed E-state index contributed by atoms with van der Waals surface area (Å²) in [6.07, 6.45) is 4.89. The number of aliphatic hydroxyl groups is 2. The smallest absolute Gasteiger partial charge is 0.159 e. The number of rotatable bonds is 7. The van der Waals surface area contributed by atoms with Crippen LogP contribution < -0.4 is 5.32 Å². The molecule has 6 heteroatoms. The minimum absolute atomic E-state index is 0.00208. The predicted molar refractivity (Wildman–Crippen MR) is 111 cm³/mol. The van der Waals surface area contributed by atoms with Gasteiger partial charge in [0.15, 0.2) is 5.82 Å². The number of aliphatic hydroxyl groups excluding tert-OH is 2. The van der Waals surface area contributed by atoms with Crippen LogP contribution in [0.5, 0.6) is 0 Å². The van der Waals surface area contributed by atoms with Crippen LogP contribution in [-0.4, -0.2) is 58.7 Å². The van der Waals surface area contributed by atoms with Crippen LogP contribution >= 0.6 is 0 Å². The average molecular weight is 398 g/mol. The SMILES string of the molecule is OCC1C(O)CC(NCC2CCOCC2)C1Cc1ccnc(-c2ccccc2)n1. The van der Waals surface area contributed by atoms with E-state index in [1.165, 1.54) is 0 Å². The summed E-state index contributed by atoms with van der Waals surface area (Å²) in [5.41, 5.74) is 1.95. The molecule has 0 amide bonds. The Bertz CT molecular complexity index is 767. The molecule has 1 saturated heterocycles. The van der Waals surface area contributed by atoms with E-state index >= 15 is 0 Å². The van der Waals surface area contributed by atoms with Crippen LogP contribution in [0.2, 0.25) is 0 Å². The maximum Gasteiger partial charge on any atom is 0.159 e. The molecule has 6 nitrogen and oxygen atoms in total. The lowest BCUT2D eigenvalue weighted by Gasteiger charge is -2.28. The molecule has 0 spiro atoms. The molecular formula is C23H31N3O3. The lowest BCUT2D eigenvalue weighted by Crippen LogP contribution is -2.40. The molecule has 1 aromatic carbocycles. The molecule has 1 saturated carbocycles. The normalized spacial score (nSPS) is 27.9. The molecule has 1 aliphatic carbocycles. The second kappa shape index (κ2) is 9.76. The summed E-state index contributed by atoms with van der Waals surface area (Å²) < 4.78 is 5.46. The Morgan fingerprint density at radius 2 is 1.86 bits per heavy atom. The summed E-state index contributed by atoms with van der Waals surface area (Å²) in [7, 11) is 0. The maximum absolute atomic E-state index is 10.5. The summed E-state index contributed by atoms with van der Waals surface area (Å²) in [5.74, 6) is 1.36. The molecular weight excluding hydrogens is 366 g/mol. The third-order valence-electron chi connectivity index (χ3n) is 6.47. The Labute approximate surface area is 172 Å². The van der Waals surface area contributed by atoms with Gasteiger partial charge in [-0.3, -0.25) is 0 Å². The molecule has 156 valence electrons. The van der Waals surface area contributed by atoms with E-state index in [1.807, 2.05) is 36.4 Å². The van der Waals surface area contributed by atoms with Crippen molar-refractivity contribution in [1.82, 2.24) is 15.3 Å². The highest BCUT2D eigenvalue weighted by molar-refractivity contribution is 5.54. The molecule has 3 N–H and O–H groups in total. The molecule has 4 atom stereocenters. The van der Waals surface area contributed by atoms with Gasteiger partial charge in [0, 0.05) is 49.2 Å². The van der Waals surface area contributed by atoms with Gasteiger partial charge in [0.25, 0.3) is 0 Å². The largest absolute Gasteiger partial charge is 0.396 e. The first-order valence-electron chi connectivity index (χ1n) is 10.7. The Kier molecular flexibility index (Phi) is 6.87. The molecule has 0 bridgehead atoms. The zero-order valence-corrected chi connectivity index (χ0v) is 16.8. The number of benzene rings is 1. The fourth-order valence-corrected chi connectivity index (χ4v) is 4.73. The van der Waals surface area contributed by atoms with E-state index in [0.717, 1.165) is 50.3 Å². The van der Waals surface area contributed by atoms with Gasteiger partial charge in [-0.2, -0.15) is 0 Å². The van der Waals surface area contributed by atoms with Crippen molar-refractivity contribution in [2.75, 3.05) is 26.4 Å². The number of nitrogens with one attached hydrogen (secondary N) is 1. The summed E-state index contributed by atoms with van der Waals surface area (Å²) in [5, 5.41) is 24.1. The van der Waals surface area contributed by atoms with Gasteiger partial charge in [0.2, 0.25) is 0 Å². The van der Waals surface area contributed by atoms with E-state index in [2.05, 4.69) is 10.3 Å². The number of ether oxygens (including phenoxy) is 1. The fraction of sp³-hybridized carbons (Fsp3) is 0.565. The third-order valence-corrected chi connectivity index (χ3v) is 6.47. The van der Waals surface area contributed by atoms with Crippen LogP contribution in [-0.2, 0) is 11.2 Å². The Morgan fingerprint density at radius 3 is 2.62 bits per heavy atom. The predicted octanol–water partition coefficient (Wildman–Crippen LogP) is 2.06. The number of nitrogens with zero attached hydrogens (tertiary/aromatic N) is 2. The maximum atomic E-state index is 10.5. The lowest BCUT2D eigenvalue weighted by molar-refractivity contribution is 0.0642. The van der Waals surface area contributed by atoms with Crippen LogP contribution in [0, 0.1) is 17.8 Å². The van der Waals surface area contributed by atoms with Gasteiger partial charge in [-0.05, 0) is 50.1 Å². The Balaban J connectivity index is 1.46. The third kappa shape index (κ3) is 5.01. The summed E-state index contributed by atoms with van der Waals surface area (Å²) in [4.78, 5) is 9.18. The van der Waals surface area contributed by atoms with E-state index in [1.54, 1.807) is 6.20 Å². The number of aromatic nitrogens is 2. The quantitative estimate of drug-likeness (QED) is 0.663. The standard InChI is InChI=1S/C23H31N3O3/c27-15-20-19(21(13-22(20)28)25-14-16-7-10-29-11-8-16)12-18-6-9-24-23(26-18)17-4-2-1-3-5-17/h1-6,9,16,19-22,25,27-28H,7-8,10-15H2. The van der Waals surface area contributed by atoms with Gasteiger partial charge < -0.3 is 20.3 Å². The molecule has 1 aromatic heterocycles. The van der Waals surface area contributed by atoms with Gasteiger partial charge in [0.1, 0.15) is 0 Å². The second-order valence-corrected chi connectivity index (χ2v) is 8.33. The molecule has 4 unspecified atom stereocenters. The highest BCUT2D eigenvalue weighted by atomic mass is 16.5. The average Bonchev–Trinajstić information content (AvgIpc) is 3.07. The van der Waals surface area contributed by atoms with E-state index in [0.29, 0.717) is 18.2 Å². The van der Waals surface area contributed by atoms with Crippen LogP contribution in [0.4, 0.5) is 0 Å². The minimum atomic E-state index is -0.479. The minimum Gasteiger partial charge on any atom is -0.396 e. The molecule has 2 heterocycles. The van der Waals surface area contributed by atoms with Crippen LogP contribution in [0.25, 0.3) is 11.4 Å². The molecule has 2 aromatic rings. The van der Waals surface area contributed by atoms with Gasteiger partial charge in [-0.25, -0.2) is 9.97 Å². The van der Waals surface area contributed by atoms with Crippen molar-refractivity contribution in [3.05, 3.63) is 48.3 Å². The number of hydrogen-bond acceptors (Lipinski definition) is 6. The first-order chi connectivity index (χ1) is 14.2. The van der Waals surface area contributed by atoms with Gasteiger partial charge in [-0.15, -0.1) is 0 Å². The summed E-state index contributed by atoms with van der Waals surface area (Å²) in [6, 6.07) is 12.1. The van der Waals surface area contributed by atoms with Gasteiger partial charge in [-0.1, -0.05) is 30.3 Å². The van der Waals surface area contributed by atoms with Crippen LogP contribution in [0.3, 0.4) is 0 Å². The van der Waals surface area contributed by atoms with Gasteiger partial charge >= 0.3 is 0 Å². The zero-order valence-electron chi connectivity index (χ0n) is 16.8. The van der Waals surface area contributed by atoms with Crippen molar-refractivity contribution in [2.45, 2.75) is 37.8 Å². The Morgan fingerprint density at radius 1 is 1.07 bits per heavy atom. The second-order valence-electron chi connectivity index (χ2n) is 8.33. The van der Waals surface area contributed by atoms with E-state index < -0.39 is 6.10 Å². The summed E-state index contributed by atoms with van der Waals surface area (Å²) >= 11 is 0. The Hall–Kier alpha value is -1.86.